The molecule has 0 saturated carbocycles. The standard InChI is InChI=1S/C21H21Cl3N2O2.ClH/c1-3-26(4-2)11-12-28-17-8-9-20(19(24)14-17)25-21(27)10-6-15-5-7-16(22)13-18(15)23;/h5,7-9,13-14H,3-4,11-12H2,1-2H3,(H,25,27);1H. The molecule has 0 atom stereocenters. The zero-order valence-electron chi connectivity index (χ0n) is 16.1. The minimum atomic E-state index is -0.497. The van der Waals surface area contributed by atoms with E-state index in [0.717, 1.165) is 19.6 Å². The molecular weight excluding hydrogens is 454 g/mol. The molecule has 2 aromatic rings. The van der Waals surface area contributed by atoms with Gasteiger partial charge in [0, 0.05) is 29.1 Å². The summed E-state index contributed by atoms with van der Waals surface area (Å²) in [5, 5.41) is 3.92. The molecule has 0 heterocycles. The van der Waals surface area contributed by atoms with Crippen LogP contribution in [0.5, 0.6) is 5.75 Å². The molecule has 0 bridgehead atoms. The van der Waals surface area contributed by atoms with Crippen molar-refractivity contribution in [3.63, 3.8) is 0 Å². The lowest BCUT2D eigenvalue weighted by molar-refractivity contribution is -0.111. The lowest BCUT2D eigenvalue weighted by Gasteiger charge is -2.18. The van der Waals surface area contributed by atoms with Crippen LogP contribution in [-0.2, 0) is 4.79 Å². The highest BCUT2D eigenvalue weighted by atomic mass is 35.5. The largest absolute Gasteiger partial charge is 0.492 e. The van der Waals surface area contributed by atoms with E-state index in [-0.39, 0.29) is 12.4 Å². The molecule has 4 nitrogen and oxygen atoms in total. The highest BCUT2D eigenvalue weighted by Gasteiger charge is 2.07. The first-order valence-electron chi connectivity index (χ1n) is 8.85. The van der Waals surface area contributed by atoms with E-state index < -0.39 is 5.91 Å². The third-order valence-electron chi connectivity index (χ3n) is 4.00. The number of ether oxygens (including phenoxy) is 1. The van der Waals surface area contributed by atoms with Crippen molar-refractivity contribution in [1.82, 2.24) is 4.90 Å². The van der Waals surface area contributed by atoms with Gasteiger partial charge < -0.3 is 15.0 Å². The number of nitrogens with zero attached hydrogens (tertiary/aromatic N) is 1. The molecule has 0 radical (unpaired) electrons. The van der Waals surface area contributed by atoms with E-state index in [1.54, 1.807) is 36.4 Å². The normalized spacial score (nSPS) is 10.0. The molecule has 0 saturated heterocycles. The summed E-state index contributed by atoms with van der Waals surface area (Å²) in [5.41, 5.74) is 0.975. The summed E-state index contributed by atoms with van der Waals surface area (Å²) in [4.78, 5) is 14.3. The van der Waals surface area contributed by atoms with Gasteiger partial charge in [0.2, 0.25) is 0 Å². The van der Waals surface area contributed by atoms with Crippen molar-refractivity contribution in [1.29, 1.82) is 0 Å². The van der Waals surface area contributed by atoms with Gasteiger partial charge in [-0.3, -0.25) is 4.79 Å². The smallest absolute Gasteiger partial charge is 0.300 e. The van der Waals surface area contributed by atoms with Crippen molar-refractivity contribution in [2.24, 2.45) is 0 Å². The van der Waals surface area contributed by atoms with Crippen LogP contribution in [0.2, 0.25) is 15.1 Å². The van der Waals surface area contributed by atoms with Crippen molar-refractivity contribution in [3.8, 4) is 17.6 Å². The molecule has 0 spiro atoms. The highest BCUT2D eigenvalue weighted by molar-refractivity contribution is 6.35. The van der Waals surface area contributed by atoms with Crippen LogP contribution < -0.4 is 10.1 Å². The molecule has 0 aliphatic heterocycles. The molecule has 2 rings (SSSR count). The van der Waals surface area contributed by atoms with Crippen molar-refractivity contribution in [3.05, 3.63) is 57.0 Å². The van der Waals surface area contributed by atoms with Crippen molar-refractivity contribution < 1.29 is 9.53 Å². The second-order valence-corrected chi connectivity index (χ2v) is 7.10. The molecule has 0 aliphatic carbocycles. The number of hydrogen-bond donors (Lipinski definition) is 1. The quantitative estimate of drug-likeness (QED) is 0.516. The number of likely N-dealkylation sites (N-methyl/N-ethyl adjacent to an activating group) is 1. The number of anilines is 1. The van der Waals surface area contributed by atoms with E-state index in [0.29, 0.717) is 38.7 Å². The maximum absolute atomic E-state index is 12.1. The Morgan fingerprint density at radius 1 is 1.07 bits per heavy atom. The van der Waals surface area contributed by atoms with Gasteiger partial charge in [-0.2, -0.15) is 0 Å². The SMILES string of the molecule is CCN(CC)CCOc1ccc(NC(=O)C#Cc2ccc(Cl)cc2Cl)c(Cl)c1.Cl. The van der Waals surface area contributed by atoms with Crippen molar-refractivity contribution >= 4 is 58.8 Å². The number of carbonyl (C=O) groups excluding carboxylic acids is 1. The van der Waals surface area contributed by atoms with Crippen LogP contribution in [0, 0.1) is 11.8 Å². The van der Waals surface area contributed by atoms with Crippen LogP contribution in [0.25, 0.3) is 0 Å². The summed E-state index contributed by atoms with van der Waals surface area (Å²) in [5.74, 6) is 5.35. The summed E-state index contributed by atoms with van der Waals surface area (Å²) in [6.45, 7) is 7.59. The van der Waals surface area contributed by atoms with Gasteiger partial charge in [0.05, 0.1) is 15.7 Å². The van der Waals surface area contributed by atoms with Gasteiger partial charge in [-0.25, -0.2) is 0 Å². The van der Waals surface area contributed by atoms with E-state index >= 15 is 0 Å². The Kier molecular flexibility index (Phi) is 11.3. The number of benzene rings is 2. The third-order valence-corrected chi connectivity index (χ3v) is 4.86. The molecule has 0 fully saturated rings. The van der Waals surface area contributed by atoms with E-state index in [9.17, 15) is 4.79 Å². The fraction of sp³-hybridized carbons (Fsp3) is 0.286. The monoisotopic (exact) mass is 474 g/mol. The fourth-order valence-corrected chi connectivity index (χ4v) is 3.06. The summed E-state index contributed by atoms with van der Waals surface area (Å²) >= 11 is 18.1. The zero-order valence-corrected chi connectivity index (χ0v) is 19.2. The molecule has 156 valence electrons. The van der Waals surface area contributed by atoms with Crippen LogP contribution in [0.4, 0.5) is 5.69 Å². The van der Waals surface area contributed by atoms with Crippen LogP contribution in [0.15, 0.2) is 36.4 Å². The first-order chi connectivity index (χ1) is 13.4. The van der Waals surface area contributed by atoms with Gasteiger partial charge in [0.25, 0.3) is 0 Å². The molecule has 2 aromatic carbocycles. The van der Waals surface area contributed by atoms with Gasteiger partial charge in [-0.05, 0) is 43.4 Å². The topological polar surface area (TPSA) is 41.6 Å². The number of carbonyl (C=O) groups is 1. The van der Waals surface area contributed by atoms with Crippen molar-refractivity contribution in [2.45, 2.75) is 13.8 Å². The average molecular weight is 476 g/mol. The highest BCUT2D eigenvalue weighted by Crippen LogP contribution is 2.27. The van der Waals surface area contributed by atoms with Crippen LogP contribution in [-0.4, -0.2) is 37.0 Å². The lowest BCUT2D eigenvalue weighted by Crippen LogP contribution is -2.27. The molecule has 29 heavy (non-hydrogen) atoms. The second-order valence-electron chi connectivity index (χ2n) is 5.85. The van der Waals surface area contributed by atoms with Gasteiger partial charge in [-0.15, -0.1) is 12.4 Å². The zero-order chi connectivity index (χ0) is 20.5. The summed E-state index contributed by atoms with van der Waals surface area (Å²) in [6.07, 6.45) is 0. The fourth-order valence-electron chi connectivity index (χ4n) is 2.39. The Bertz CT molecular complexity index is 890. The average Bonchev–Trinajstić information content (AvgIpc) is 2.66. The van der Waals surface area contributed by atoms with Gasteiger partial charge >= 0.3 is 5.91 Å². The van der Waals surface area contributed by atoms with E-state index in [1.165, 1.54) is 0 Å². The maximum Gasteiger partial charge on any atom is 0.300 e. The molecule has 0 aromatic heterocycles. The molecule has 0 aliphatic rings. The Morgan fingerprint density at radius 2 is 1.79 bits per heavy atom. The predicted octanol–water partition coefficient (Wildman–Crippen LogP) is 5.78. The van der Waals surface area contributed by atoms with E-state index in [2.05, 4.69) is 35.9 Å². The second kappa shape index (κ2) is 12.8. The van der Waals surface area contributed by atoms with Crippen LogP contribution >= 0.6 is 47.2 Å². The Labute approximate surface area is 192 Å². The van der Waals surface area contributed by atoms with Crippen LogP contribution in [0.3, 0.4) is 0 Å². The minimum absolute atomic E-state index is 0. The summed E-state index contributed by atoms with van der Waals surface area (Å²) in [6, 6.07) is 9.99. The van der Waals surface area contributed by atoms with Crippen molar-refractivity contribution in [2.75, 3.05) is 31.6 Å². The Morgan fingerprint density at radius 3 is 2.41 bits per heavy atom. The number of rotatable bonds is 7. The maximum atomic E-state index is 12.1. The number of hydrogen-bond acceptors (Lipinski definition) is 3. The van der Waals surface area contributed by atoms with E-state index in [1.807, 2.05) is 0 Å². The number of amides is 1. The van der Waals surface area contributed by atoms with Crippen LogP contribution in [0.1, 0.15) is 19.4 Å². The predicted molar refractivity (Wildman–Crippen MR) is 124 cm³/mol. The molecule has 1 amide bonds. The Hall–Kier alpha value is -1.61. The summed E-state index contributed by atoms with van der Waals surface area (Å²) in [7, 11) is 0. The van der Waals surface area contributed by atoms with Gasteiger partial charge in [0.1, 0.15) is 12.4 Å². The summed E-state index contributed by atoms with van der Waals surface area (Å²) < 4.78 is 5.72. The number of nitrogens with one attached hydrogen (secondary N) is 1. The number of halogens is 4. The molecular formula is C21H22Cl4N2O2. The molecule has 0 unspecified atom stereocenters. The first-order valence-corrected chi connectivity index (χ1v) is 9.99. The minimum Gasteiger partial charge on any atom is -0.492 e. The molecule has 8 heteroatoms. The molecule has 1 N–H and O–H groups in total. The van der Waals surface area contributed by atoms with Gasteiger partial charge in [-0.1, -0.05) is 54.6 Å². The lowest BCUT2D eigenvalue weighted by atomic mass is 10.2. The Balaban J connectivity index is 0.00000420. The first kappa shape index (κ1) is 25.4. The van der Waals surface area contributed by atoms with E-state index in [4.69, 9.17) is 39.5 Å². The van der Waals surface area contributed by atoms with Gasteiger partial charge in [0.15, 0.2) is 0 Å². The third kappa shape index (κ3) is 8.34.